The van der Waals surface area contributed by atoms with Crippen molar-refractivity contribution in [1.29, 1.82) is 10.5 Å². The highest BCUT2D eigenvalue weighted by Crippen LogP contribution is 2.52. The Bertz CT molecular complexity index is 2520. The second-order valence-corrected chi connectivity index (χ2v) is 18.0. The molecule has 0 saturated carbocycles. The number of benzene rings is 8. The van der Waals surface area contributed by atoms with Gasteiger partial charge in [-0.1, -0.05) is 158 Å². The maximum atomic E-state index is 16.4. The lowest BCUT2D eigenvalue weighted by atomic mass is 9.91. The molecular weight excluding hydrogens is 674 g/mol. The molecule has 8 aromatic carbocycles. The highest BCUT2D eigenvalue weighted by molar-refractivity contribution is 7.86. The summed E-state index contributed by atoms with van der Waals surface area (Å²) in [4.78, 5) is 0. The quantitative estimate of drug-likeness (QED) is 0.156. The lowest BCUT2D eigenvalue weighted by Crippen LogP contribution is -2.30. The minimum Gasteiger partial charge on any atom is -0.309 e. The van der Waals surface area contributed by atoms with Gasteiger partial charge in [0.05, 0.1) is 23.3 Å². The van der Waals surface area contributed by atoms with E-state index in [-0.39, 0.29) is 0 Å². The van der Waals surface area contributed by atoms with Crippen LogP contribution < -0.4 is 31.8 Å². The van der Waals surface area contributed by atoms with Crippen molar-refractivity contribution < 1.29 is 9.13 Å². The predicted molar refractivity (Wildman–Crippen MR) is 215 cm³/mol. The van der Waals surface area contributed by atoms with Gasteiger partial charge in [-0.05, 0) is 35.0 Å². The number of hydrogen-bond acceptors (Lipinski definition) is 4. The van der Waals surface area contributed by atoms with Crippen LogP contribution in [0.2, 0.25) is 0 Å². The molecule has 0 N–H and O–H groups in total. The molecule has 0 spiro atoms. The summed E-state index contributed by atoms with van der Waals surface area (Å²) in [7, 11) is -7.32. The molecule has 0 aromatic heterocycles. The largest absolute Gasteiger partial charge is 0.309 e. The highest BCUT2D eigenvalue weighted by Gasteiger charge is 2.38. The summed E-state index contributed by atoms with van der Waals surface area (Å²) in [6.45, 7) is 0. The molecule has 0 aliphatic heterocycles. The average molecular weight is 705 g/mol. The van der Waals surface area contributed by atoms with Crippen LogP contribution in [0.25, 0.3) is 32.7 Å². The minimum atomic E-state index is -3.66. The first-order valence-electron chi connectivity index (χ1n) is 16.9. The SMILES string of the molecule is N#Cc1cccc2c(-c3c(P(=O)(c4ccccc4)c4ccccc4)ccc4c(C#N)cccc34)c(P(=O)(c3ccccc3)c3ccccc3)ccc12. The molecule has 52 heavy (non-hydrogen) atoms. The van der Waals surface area contributed by atoms with E-state index in [1.54, 1.807) is 12.1 Å². The fourth-order valence-corrected chi connectivity index (χ4v) is 13.1. The van der Waals surface area contributed by atoms with Crippen LogP contribution in [0.4, 0.5) is 0 Å². The molecule has 0 bridgehead atoms. The third kappa shape index (κ3) is 5.21. The van der Waals surface area contributed by atoms with Crippen molar-refractivity contribution in [3.05, 3.63) is 193 Å². The first-order valence-corrected chi connectivity index (χ1v) is 20.3. The maximum Gasteiger partial charge on any atom is 0.171 e. The molecule has 0 saturated heterocycles. The Hall–Kier alpha value is -6.28. The Morgan fingerprint density at radius 3 is 0.923 bits per heavy atom. The monoisotopic (exact) mass is 704 g/mol. The standard InChI is InChI=1S/C46H30N2O2P2/c47-31-33-15-13-25-41-39(33)27-29-43(51(49,35-17-5-1-6-18-35)36-19-7-2-8-20-36)45(41)46-42-26-14-16-34(32-48)40(42)28-30-44(46)52(50,37-21-9-3-10-22-37)38-23-11-4-12-24-38/h1-30H. The van der Waals surface area contributed by atoms with Gasteiger partial charge in [0, 0.05) is 53.7 Å². The molecular formula is C46H30N2O2P2. The Labute approximate surface area is 302 Å². The van der Waals surface area contributed by atoms with Crippen molar-refractivity contribution in [2.45, 2.75) is 0 Å². The van der Waals surface area contributed by atoms with Gasteiger partial charge in [0.25, 0.3) is 0 Å². The maximum absolute atomic E-state index is 16.4. The predicted octanol–water partition coefficient (Wildman–Crippen LogP) is 8.68. The molecule has 8 rings (SSSR count). The van der Waals surface area contributed by atoms with Gasteiger partial charge >= 0.3 is 0 Å². The number of nitriles is 2. The molecule has 0 atom stereocenters. The van der Waals surface area contributed by atoms with Crippen molar-refractivity contribution in [2.24, 2.45) is 0 Å². The van der Waals surface area contributed by atoms with E-state index in [0.29, 0.717) is 75.6 Å². The van der Waals surface area contributed by atoms with Gasteiger partial charge in [-0.25, -0.2) is 0 Å². The summed E-state index contributed by atoms with van der Waals surface area (Å²) < 4.78 is 32.8. The molecule has 246 valence electrons. The first kappa shape index (κ1) is 32.9. The third-order valence-electron chi connectivity index (χ3n) is 9.73. The summed E-state index contributed by atoms with van der Waals surface area (Å²) in [5.41, 5.74) is 2.17. The van der Waals surface area contributed by atoms with E-state index in [4.69, 9.17) is 0 Å². The molecule has 0 heterocycles. The molecule has 0 aliphatic rings. The number of hydrogen-bond donors (Lipinski definition) is 0. The first-order chi connectivity index (χ1) is 25.5. The van der Waals surface area contributed by atoms with Gasteiger partial charge in [0.2, 0.25) is 0 Å². The zero-order valence-corrected chi connectivity index (χ0v) is 29.7. The average Bonchev–Trinajstić information content (AvgIpc) is 3.23. The molecule has 8 aromatic rings. The van der Waals surface area contributed by atoms with E-state index in [1.807, 2.05) is 170 Å². The summed E-state index contributed by atoms with van der Waals surface area (Å²) in [6.07, 6.45) is 0. The van der Waals surface area contributed by atoms with Crippen molar-refractivity contribution in [2.75, 3.05) is 0 Å². The van der Waals surface area contributed by atoms with E-state index < -0.39 is 14.3 Å². The second-order valence-electron chi connectivity index (χ2n) is 12.5. The topological polar surface area (TPSA) is 81.7 Å². The van der Waals surface area contributed by atoms with E-state index in [0.717, 1.165) is 0 Å². The van der Waals surface area contributed by atoms with Crippen LogP contribution >= 0.6 is 14.3 Å². The van der Waals surface area contributed by atoms with Crippen molar-refractivity contribution in [3.8, 4) is 23.3 Å². The van der Waals surface area contributed by atoms with E-state index in [2.05, 4.69) is 12.1 Å². The van der Waals surface area contributed by atoms with Crippen molar-refractivity contribution >= 4 is 67.7 Å². The van der Waals surface area contributed by atoms with Crippen LogP contribution in [-0.4, -0.2) is 0 Å². The van der Waals surface area contributed by atoms with E-state index in [9.17, 15) is 10.5 Å². The van der Waals surface area contributed by atoms with Crippen LogP contribution in [0.1, 0.15) is 11.1 Å². The van der Waals surface area contributed by atoms with E-state index >= 15 is 9.13 Å². The fraction of sp³-hybridized carbons (Fsp3) is 0. The molecule has 0 fully saturated rings. The fourth-order valence-electron chi connectivity index (χ4n) is 7.34. The Morgan fingerprint density at radius 1 is 0.327 bits per heavy atom. The molecule has 4 nitrogen and oxygen atoms in total. The van der Waals surface area contributed by atoms with Crippen LogP contribution in [-0.2, 0) is 9.13 Å². The summed E-state index contributed by atoms with van der Waals surface area (Å²) in [6, 6.07) is 61.2. The molecule has 0 unspecified atom stereocenters. The highest BCUT2D eigenvalue weighted by atomic mass is 31.2. The van der Waals surface area contributed by atoms with E-state index in [1.165, 1.54) is 0 Å². The van der Waals surface area contributed by atoms with Crippen LogP contribution in [0.15, 0.2) is 182 Å². The lowest BCUT2D eigenvalue weighted by Gasteiger charge is -2.28. The Kier molecular flexibility index (Phi) is 8.51. The minimum absolute atomic E-state index is 0.466. The van der Waals surface area contributed by atoms with Crippen LogP contribution in [0, 0.1) is 22.7 Å². The summed E-state index contributed by atoms with van der Waals surface area (Å²) in [5, 5.41) is 27.1. The van der Waals surface area contributed by atoms with Crippen molar-refractivity contribution in [1.82, 2.24) is 0 Å². The van der Waals surface area contributed by atoms with Gasteiger partial charge in [-0.3, -0.25) is 0 Å². The van der Waals surface area contributed by atoms with Gasteiger partial charge in [-0.15, -0.1) is 0 Å². The summed E-state index contributed by atoms with van der Waals surface area (Å²) >= 11 is 0. The zero-order valence-electron chi connectivity index (χ0n) is 27.9. The number of rotatable bonds is 7. The second kappa shape index (κ2) is 13.5. The van der Waals surface area contributed by atoms with Gasteiger partial charge < -0.3 is 9.13 Å². The third-order valence-corrected chi connectivity index (χ3v) is 15.9. The molecule has 0 radical (unpaired) electrons. The van der Waals surface area contributed by atoms with Gasteiger partial charge in [-0.2, -0.15) is 10.5 Å². The molecule has 0 aliphatic carbocycles. The van der Waals surface area contributed by atoms with Crippen LogP contribution in [0.5, 0.6) is 0 Å². The Balaban J connectivity index is 1.64. The lowest BCUT2D eigenvalue weighted by molar-refractivity contribution is 0.591. The van der Waals surface area contributed by atoms with Crippen molar-refractivity contribution in [3.63, 3.8) is 0 Å². The number of nitrogens with zero attached hydrogens (tertiary/aromatic N) is 2. The Morgan fingerprint density at radius 2 is 0.635 bits per heavy atom. The normalized spacial score (nSPS) is 11.6. The van der Waals surface area contributed by atoms with Gasteiger partial charge in [0.1, 0.15) is 0 Å². The van der Waals surface area contributed by atoms with Gasteiger partial charge in [0.15, 0.2) is 14.3 Å². The number of fused-ring (bicyclic) bond motifs is 2. The summed E-state index contributed by atoms with van der Waals surface area (Å²) in [5.74, 6) is 0. The molecule has 6 heteroatoms. The smallest absolute Gasteiger partial charge is 0.171 e. The van der Waals surface area contributed by atoms with Crippen LogP contribution in [0.3, 0.4) is 0 Å². The molecule has 0 amide bonds. The zero-order chi connectivity index (χ0) is 35.7.